The van der Waals surface area contributed by atoms with Crippen molar-refractivity contribution in [1.29, 1.82) is 0 Å². The molecule has 7 heteroatoms. The lowest BCUT2D eigenvalue weighted by Gasteiger charge is -2.10. The molecule has 0 N–H and O–H groups in total. The standard InChI is InChI=1S/C29H22N3O3.Al/c33-24-13-1-8-22-11-5-17-31(28(22)24)19-35-26-15-3-9-23-12-6-18-32(29(23)26)20-34-25-14-2-7-21-10-4-16-30-27(21)25;/h1-18H,19-20H2;/q2*+1. The molecule has 0 spiro atoms. The molecule has 0 atom stereocenters. The summed E-state index contributed by atoms with van der Waals surface area (Å²) in [5.41, 5.74) is 2.77. The van der Waals surface area contributed by atoms with E-state index in [2.05, 4.69) is 50.4 Å². The Bertz CT molecular complexity index is 1690. The summed E-state index contributed by atoms with van der Waals surface area (Å²) < 4.78 is 22.3. The molecular formula is C29H22AlN3O3+2. The van der Waals surface area contributed by atoms with Gasteiger partial charge in [0.15, 0.2) is 29.6 Å². The van der Waals surface area contributed by atoms with Crippen LogP contribution in [0.5, 0.6) is 17.2 Å². The number of pyridine rings is 3. The highest BCUT2D eigenvalue weighted by Gasteiger charge is 2.19. The van der Waals surface area contributed by atoms with Gasteiger partial charge < -0.3 is 13.3 Å². The van der Waals surface area contributed by atoms with E-state index in [0.29, 0.717) is 13.5 Å². The summed E-state index contributed by atoms with van der Waals surface area (Å²) in [4.78, 5) is 4.50. The molecule has 3 aromatic heterocycles. The van der Waals surface area contributed by atoms with Crippen LogP contribution in [0.4, 0.5) is 0 Å². The highest BCUT2D eigenvalue weighted by molar-refractivity contribution is 6.01. The molecule has 3 aromatic carbocycles. The van der Waals surface area contributed by atoms with Gasteiger partial charge in [0.05, 0.1) is 10.8 Å². The van der Waals surface area contributed by atoms with E-state index in [0.717, 1.165) is 50.0 Å². The van der Waals surface area contributed by atoms with Gasteiger partial charge in [-0.3, -0.25) is 4.98 Å². The summed E-state index contributed by atoms with van der Waals surface area (Å²) >= 11 is 2.33. The first-order valence-corrected chi connectivity index (χ1v) is 12.1. The lowest BCUT2D eigenvalue weighted by molar-refractivity contribution is -0.706. The van der Waals surface area contributed by atoms with Crippen LogP contribution in [0.2, 0.25) is 0 Å². The van der Waals surface area contributed by atoms with Gasteiger partial charge in [0.2, 0.25) is 0 Å². The normalized spacial score (nSPS) is 11.1. The maximum atomic E-state index is 6.39. The summed E-state index contributed by atoms with van der Waals surface area (Å²) in [6, 6.07) is 30.1. The largest absolute Gasteiger partial charge is 0.649 e. The molecule has 3 heterocycles. The van der Waals surface area contributed by atoms with E-state index >= 15 is 0 Å². The van der Waals surface area contributed by atoms with Gasteiger partial charge in [-0.1, -0.05) is 30.3 Å². The molecule has 0 fully saturated rings. The lowest BCUT2D eigenvalue weighted by Crippen LogP contribution is -2.39. The van der Waals surface area contributed by atoms with Crippen LogP contribution in [0.25, 0.3) is 32.7 Å². The van der Waals surface area contributed by atoms with Crippen molar-refractivity contribution in [2.45, 2.75) is 13.5 Å². The summed E-state index contributed by atoms with van der Waals surface area (Å²) in [6.07, 6.45) is 5.77. The van der Waals surface area contributed by atoms with Crippen LogP contribution in [0.15, 0.2) is 110 Å². The molecule has 6 nitrogen and oxygen atoms in total. The molecule has 0 saturated heterocycles. The Hall–Kier alpha value is -4.18. The topological polar surface area (TPSA) is 48.3 Å². The summed E-state index contributed by atoms with van der Waals surface area (Å²) in [7, 11) is 0. The second-order valence-corrected chi connectivity index (χ2v) is 8.58. The average molecular weight is 487 g/mol. The molecular weight excluding hydrogens is 465 g/mol. The van der Waals surface area contributed by atoms with Crippen LogP contribution >= 0.6 is 0 Å². The molecule has 6 aromatic rings. The van der Waals surface area contributed by atoms with E-state index in [9.17, 15) is 0 Å². The Kier molecular flexibility index (Phi) is 6.08. The zero-order valence-corrected chi connectivity index (χ0v) is 20.6. The number of hydrogen-bond acceptors (Lipinski definition) is 4. The zero-order valence-electron chi connectivity index (χ0n) is 19.5. The fraction of sp³-hybridized carbons (Fsp3) is 0.0690. The molecule has 0 saturated carbocycles. The predicted molar refractivity (Wildman–Crippen MR) is 138 cm³/mol. The van der Waals surface area contributed by atoms with Crippen molar-refractivity contribution < 1.29 is 22.4 Å². The van der Waals surface area contributed by atoms with Crippen LogP contribution in [0.1, 0.15) is 0 Å². The Morgan fingerprint density at radius 1 is 0.583 bits per heavy atom. The van der Waals surface area contributed by atoms with Gasteiger partial charge in [-0.15, -0.1) is 0 Å². The Labute approximate surface area is 216 Å². The second kappa shape index (κ2) is 9.82. The predicted octanol–water partition coefficient (Wildman–Crippen LogP) is 4.65. The minimum Gasteiger partial charge on any atom is -0.649 e. The SMILES string of the molecule is [Al][O]c1cccc2ccc[n+](COc3cccc4ccc[n+](COc5cccc6cccnc56)c34)c12. The molecule has 0 bridgehead atoms. The van der Waals surface area contributed by atoms with Gasteiger partial charge in [-0.05, 0) is 48.5 Å². The smallest absolute Gasteiger partial charge is 0.482 e. The van der Waals surface area contributed by atoms with Crippen molar-refractivity contribution in [3.05, 3.63) is 110 Å². The third-order valence-electron chi connectivity index (χ3n) is 6.16. The zero-order chi connectivity index (χ0) is 24.3. The van der Waals surface area contributed by atoms with Crippen molar-refractivity contribution >= 4 is 49.3 Å². The van der Waals surface area contributed by atoms with E-state index in [1.54, 1.807) is 6.20 Å². The number of benzene rings is 3. The van der Waals surface area contributed by atoms with Gasteiger partial charge >= 0.3 is 16.6 Å². The fourth-order valence-electron chi connectivity index (χ4n) is 4.51. The van der Waals surface area contributed by atoms with E-state index in [1.807, 2.05) is 83.7 Å². The minimum absolute atomic E-state index is 0.319. The van der Waals surface area contributed by atoms with Gasteiger partial charge in [-0.2, -0.15) is 9.13 Å². The first-order chi connectivity index (χ1) is 17.8. The molecule has 6 rings (SSSR count). The van der Waals surface area contributed by atoms with Gasteiger partial charge in [0.25, 0.3) is 24.5 Å². The molecule has 0 aliphatic rings. The average Bonchev–Trinajstić information content (AvgIpc) is 2.94. The van der Waals surface area contributed by atoms with Crippen molar-refractivity contribution in [3.8, 4) is 17.2 Å². The summed E-state index contributed by atoms with van der Waals surface area (Å²) in [5.74, 6) is 2.28. The van der Waals surface area contributed by atoms with Crippen molar-refractivity contribution in [2.24, 2.45) is 0 Å². The molecule has 172 valence electrons. The first kappa shape index (κ1) is 22.3. The van der Waals surface area contributed by atoms with Crippen LogP contribution in [-0.4, -0.2) is 21.6 Å². The highest BCUT2D eigenvalue weighted by atomic mass is 27.1. The number of hydrogen-bond donors (Lipinski definition) is 0. The molecule has 0 aliphatic heterocycles. The van der Waals surface area contributed by atoms with Crippen LogP contribution < -0.4 is 22.4 Å². The molecule has 0 aliphatic carbocycles. The Balaban J connectivity index is 1.33. The monoisotopic (exact) mass is 487 g/mol. The van der Waals surface area contributed by atoms with Gasteiger partial charge in [-0.25, -0.2) is 0 Å². The molecule has 36 heavy (non-hydrogen) atoms. The third kappa shape index (κ3) is 4.20. The van der Waals surface area contributed by atoms with E-state index in [4.69, 9.17) is 13.3 Å². The van der Waals surface area contributed by atoms with E-state index < -0.39 is 0 Å². The Morgan fingerprint density at radius 3 is 1.81 bits per heavy atom. The third-order valence-corrected chi connectivity index (χ3v) is 6.41. The van der Waals surface area contributed by atoms with Crippen LogP contribution in [0.3, 0.4) is 0 Å². The second-order valence-electron chi connectivity index (χ2n) is 8.34. The quantitative estimate of drug-likeness (QED) is 0.243. The fourth-order valence-corrected chi connectivity index (χ4v) is 4.70. The first-order valence-electron chi connectivity index (χ1n) is 11.6. The van der Waals surface area contributed by atoms with E-state index in [1.165, 1.54) is 0 Å². The number of ether oxygens (including phenoxy) is 2. The molecule has 0 amide bonds. The van der Waals surface area contributed by atoms with Crippen LogP contribution in [-0.2, 0) is 13.5 Å². The van der Waals surface area contributed by atoms with Crippen molar-refractivity contribution in [3.63, 3.8) is 0 Å². The minimum atomic E-state index is 0.319. The number of aromatic nitrogens is 3. The van der Waals surface area contributed by atoms with Crippen molar-refractivity contribution in [2.75, 3.05) is 0 Å². The number of nitrogens with zero attached hydrogens (tertiary/aromatic N) is 3. The van der Waals surface area contributed by atoms with Gasteiger partial charge in [0, 0.05) is 23.7 Å². The maximum Gasteiger partial charge on any atom is 0.482 e. The number of fused-ring (bicyclic) bond motifs is 3. The highest BCUT2D eigenvalue weighted by Crippen LogP contribution is 2.26. The number of para-hydroxylation sites is 3. The molecule has 2 radical (unpaired) electrons. The number of rotatable bonds is 7. The lowest BCUT2D eigenvalue weighted by atomic mass is 10.2. The Morgan fingerprint density at radius 2 is 1.11 bits per heavy atom. The summed E-state index contributed by atoms with van der Waals surface area (Å²) in [5, 5.41) is 3.18. The van der Waals surface area contributed by atoms with Crippen molar-refractivity contribution in [1.82, 2.24) is 4.98 Å². The molecule has 0 unspecified atom stereocenters. The van der Waals surface area contributed by atoms with Gasteiger partial charge in [0.1, 0.15) is 5.52 Å². The summed E-state index contributed by atoms with van der Waals surface area (Å²) in [6.45, 7) is 0.643. The maximum absolute atomic E-state index is 6.39. The van der Waals surface area contributed by atoms with E-state index in [-0.39, 0.29) is 0 Å². The van der Waals surface area contributed by atoms with Crippen LogP contribution in [0, 0.1) is 0 Å².